The molecule has 3 rings (SSSR count). The van der Waals surface area contributed by atoms with Crippen LogP contribution in [0.15, 0.2) is 52.9 Å². The molecule has 0 aliphatic heterocycles. The van der Waals surface area contributed by atoms with Gasteiger partial charge < -0.3 is 9.15 Å². The van der Waals surface area contributed by atoms with E-state index >= 15 is 0 Å². The largest absolute Gasteiger partial charge is 0.493 e. The van der Waals surface area contributed by atoms with Crippen LogP contribution in [0.25, 0.3) is 11.0 Å². The molecule has 27 heavy (non-hydrogen) atoms. The Morgan fingerprint density at radius 2 is 1.74 bits per heavy atom. The number of hydrogen-bond acceptors (Lipinski definition) is 4. The van der Waals surface area contributed by atoms with Crippen LogP contribution in [0.5, 0.6) is 5.75 Å². The number of rotatable bonds is 6. The van der Waals surface area contributed by atoms with Crippen molar-refractivity contribution < 1.29 is 18.7 Å². The van der Waals surface area contributed by atoms with Crippen LogP contribution in [0.1, 0.15) is 34.5 Å². The van der Waals surface area contributed by atoms with Crippen LogP contribution >= 0.6 is 0 Å². The molecule has 0 radical (unpaired) electrons. The van der Waals surface area contributed by atoms with E-state index < -0.39 is 5.91 Å². The molecule has 2 amide bonds. The standard InChI is InChI=1S/C21H22N2O4/c1-14-8-3-5-10-17(14)26-13-7-12-19(24)22-23-21(25)20-15(2)16-9-4-6-11-18(16)27-20/h3-6,8-11H,7,12-13H2,1-2H3,(H,22,24)(H,23,25). The van der Waals surface area contributed by atoms with E-state index in [0.29, 0.717) is 18.6 Å². The van der Waals surface area contributed by atoms with Gasteiger partial charge in [0.2, 0.25) is 5.91 Å². The van der Waals surface area contributed by atoms with Crippen LogP contribution in [0.4, 0.5) is 0 Å². The van der Waals surface area contributed by atoms with E-state index in [-0.39, 0.29) is 18.1 Å². The fraction of sp³-hybridized carbons (Fsp3) is 0.238. The van der Waals surface area contributed by atoms with Gasteiger partial charge in [-0.3, -0.25) is 20.4 Å². The van der Waals surface area contributed by atoms with Crippen LogP contribution in [0.3, 0.4) is 0 Å². The molecule has 0 bridgehead atoms. The third-order valence-electron chi connectivity index (χ3n) is 4.26. The van der Waals surface area contributed by atoms with Crippen LogP contribution in [0.2, 0.25) is 0 Å². The molecule has 1 heterocycles. The van der Waals surface area contributed by atoms with E-state index in [1.165, 1.54) is 0 Å². The Hall–Kier alpha value is -3.28. The maximum absolute atomic E-state index is 12.2. The Morgan fingerprint density at radius 3 is 2.52 bits per heavy atom. The number of furan rings is 1. The molecule has 3 aromatic rings. The molecular formula is C21H22N2O4. The van der Waals surface area contributed by atoms with Crippen molar-refractivity contribution in [3.05, 3.63) is 65.4 Å². The number of hydrazine groups is 1. The number of benzene rings is 2. The number of hydrogen-bond donors (Lipinski definition) is 2. The summed E-state index contributed by atoms with van der Waals surface area (Å²) in [5, 5.41) is 0.877. The first-order chi connectivity index (χ1) is 13.1. The van der Waals surface area contributed by atoms with E-state index in [4.69, 9.17) is 9.15 Å². The number of amides is 2. The Labute approximate surface area is 157 Å². The molecule has 1 aromatic heterocycles. The van der Waals surface area contributed by atoms with Gasteiger partial charge in [-0.05, 0) is 38.0 Å². The fourth-order valence-corrected chi connectivity index (χ4v) is 2.77. The minimum atomic E-state index is -0.479. The molecule has 2 N–H and O–H groups in total. The van der Waals surface area contributed by atoms with Crippen LogP contribution < -0.4 is 15.6 Å². The summed E-state index contributed by atoms with van der Waals surface area (Å²) in [6.07, 6.45) is 0.783. The minimum Gasteiger partial charge on any atom is -0.493 e. The van der Waals surface area contributed by atoms with E-state index in [1.54, 1.807) is 6.07 Å². The van der Waals surface area contributed by atoms with Gasteiger partial charge in [0.1, 0.15) is 11.3 Å². The summed E-state index contributed by atoms with van der Waals surface area (Å²) in [7, 11) is 0. The van der Waals surface area contributed by atoms with Gasteiger partial charge in [0.15, 0.2) is 5.76 Å². The minimum absolute atomic E-state index is 0.194. The average Bonchev–Trinajstić information content (AvgIpc) is 3.02. The van der Waals surface area contributed by atoms with Gasteiger partial charge in [-0.25, -0.2) is 0 Å². The molecule has 0 aliphatic carbocycles. The molecule has 2 aromatic carbocycles. The highest BCUT2D eigenvalue weighted by Crippen LogP contribution is 2.24. The second kappa shape index (κ2) is 8.40. The van der Waals surface area contributed by atoms with Crippen molar-refractivity contribution in [2.24, 2.45) is 0 Å². The number of carbonyl (C=O) groups excluding carboxylic acids is 2. The normalized spacial score (nSPS) is 10.6. The van der Waals surface area contributed by atoms with Crippen molar-refractivity contribution in [1.29, 1.82) is 0 Å². The third kappa shape index (κ3) is 4.47. The van der Waals surface area contributed by atoms with E-state index in [9.17, 15) is 9.59 Å². The van der Waals surface area contributed by atoms with Crippen molar-refractivity contribution in [2.75, 3.05) is 6.61 Å². The number of nitrogens with one attached hydrogen (secondary N) is 2. The number of aryl methyl sites for hydroxylation is 2. The lowest BCUT2D eigenvalue weighted by atomic mass is 10.1. The van der Waals surface area contributed by atoms with E-state index in [2.05, 4.69) is 10.9 Å². The van der Waals surface area contributed by atoms with Gasteiger partial charge in [-0.2, -0.15) is 0 Å². The quantitative estimate of drug-likeness (QED) is 0.515. The van der Waals surface area contributed by atoms with Crippen LogP contribution in [-0.2, 0) is 4.79 Å². The van der Waals surface area contributed by atoms with Gasteiger partial charge >= 0.3 is 5.91 Å². The molecule has 0 saturated carbocycles. The number of para-hydroxylation sites is 2. The predicted molar refractivity (Wildman–Crippen MR) is 102 cm³/mol. The molecule has 140 valence electrons. The highest BCUT2D eigenvalue weighted by molar-refractivity contribution is 5.99. The molecule has 6 nitrogen and oxygen atoms in total. The highest BCUT2D eigenvalue weighted by atomic mass is 16.5. The summed E-state index contributed by atoms with van der Waals surface area (Å²) in [5.74, 6) is 0.240. The Kier molecular flexibility index (Phi) is 5.76. The fourth-order valence-electron chi connectivity index (χ4n) is 2.77. The zero-order valence-electron chi connectivity index (χ0n) is 15.4. The third-order valence-corrected chi connectivity index (χ3v) is 4.26. The zero-order chi connectivity index (χ0) is 19.2. The Bertz CT molecular complexity index is 962. The lowest BCUT2D eigenvalue weighted by Crippen LogP contribution is -2.41. The van der Waals surface area contributed by atoms with E-state index in [1.807, 2.05) is 56.3 Å². The van der Waals surface area contributed by atoms with Crippen molar-refractivity contribution in [3.8, 4) is 5.75 Å². The van der Waals surface area contributed by atoms with Gasteiger partial charge in [0.05, 0.1) is 6.61 Å². The van der Waals surface area contributed by atoms with Crippen LogP contribution in [0, 0.1) is 13.8 Å². The van der Waals surface area contributed by atoms with E-state index in [0.717, 1.165) is 22.3 Å². The predicted octanol–water partition coefficient (Wildman–Crippen LogP) is 3.67. The van der Waals surface area contributed by atoms with Gasteiger partial charge in [-0.1, -0.05) is 36.4 Å². The van der Waals surface area contributed by atoms with Crippen molar-refractivity contribution >= 4 is 22.8 Å². The topological polar surface area (TPSA) is 80.6 Å². The Morgan fingerprint density at radius 1 is 1.00 bits per heavy atom. The number of ether oxygens (including phenoxy) is 1. The first-order valence-electron chi connectivity index (χ1n) is 8.82. The first-order valence-corrected chi connectivity index (χ1v) is 8.82. The molecule has 0 fully saturated rings. The summed E-state index contributed by atoms with van der Waals surface area (Å²) >= 11 is 0. The van der Waals surface area contributed by atoms with Crippen molar-refractivity contribution in [1.82, 2.24) is 10.9 Å². The molecular weight excluding hydrogens is 344 g/mol. The maximum atomic E-state index is 12.2. The van der Waals surface area contributed by atoms with Crippen molar-refractivity contribution in [2.45, 2.75) is 26.7 Å². The second-order valence-corrected chi connectivity index (χ2v) is 6.27. The number of fused-ring (bicyclic) bond motifs is 1. The van der Waals surface area contributed by atoms with Gasteiger partial charge in [0, 0.05) is 17.4 Å². The summed E-state index contributed by atoms with van der Waals surface area (Å²) in [6.45, 7) is 4.21. The first kappa shape index (κ1) is 18.5. The second-order valence-electron chi connectivity index (χ2n) is 6.27. The molecule has 0 spiro atoms. The summed E-state index contributed by atoms with van der Waals surface area (Å²) in [4.78, 5) is 24.1. The SMILES string of the molecule is Cc1ccccc1OCCCC(=O)NNC(=O)c1oc2ccccc2c1C. The molecule has 0 saturated heterocycles. The molecule has 0 aliphatic rings. The monoisotopic (exact) mass is 366 g/mol. The van der Waals surface area contributed by atoms with Crippen molar-refractivity contribution in [3.63, 3.8) is 0 Å². The summed E-state index contributed by atoms with van der Waals surface area (Å²) in [5.41, 5.74) is 7.23. The molecule has 0 atom stereocenters. The molecule has 6 heteroatoms. The van der Waals surface area contributed by atoms with Gasteiger partial charge in [-0.15, -0.1) is 0 Å². The lowest BCUT2D eigenvalue weighted by molar-refractivity contribution is -0.122. The number of carbonyl (C=O) groups is 2. The highest BCUT2D eigenvalue weighted by Gasteiger charge is 2.17. The zero-order valence-corrected chi connectivity index (χ0v) is 15.4. The molecule has 0 unspecified atom stereocenters. The maximum Gasteiger partial charge on any atom is 0.305 e. The van der Waals surface area contributed by atoms with Crippen LogP contribution in [-0.4, -0.2) is 18.4 Å². The van der Waals surface area contributed by atoms with Gasteiger partial charge in [0.25, 0.3) is 0 Å². The summed E-state index contributed by atoms with van der Waals surface area (Å²) < 4.78 is 11.2. The summed E-state index contributed by atoms with van der Waals surface area (Å²) in [6, 6.07) is 15.1. The lowest BCUT2D eigenvalue weighted by Gasteiger charge is -2.09. The average molecular weight is 366 g/mol. The smallest absolute Gasteiger partial charge is 0.305 e. The Balaban J connectivity index is 1.44.